The molecule has 17 heavy (non-hydrogen) atoms. The fraction of sp³-hybridized carbons (Fsp3) is 0.125. The summed E-state index contributed by atoms with van der Waals surface area (Å²) in [4.78, 5) is 23.2. The normalized spacial score (nSPS) is 10.1. The Balaban J connectivity index is 3.61. The van der Waals surface area contributed by atoms with E-state index in [0.29, 0.717) is 6.07 Å². The number of alkyl halides is 2. The smallest absolute Gasteiger partial charge is 0.358 e. The van der Waals surface area contributed by atoms with Crippen LogP contribution >= 0.6 is 11.6 Å². The van der Waals surface area contributed by atoms with E-state index >= 15 is 0 Å². The molecule has 0 fully saturated rings. The molecule has 88 valence electrons. The van der Waals surface area contributed by atoms with Crippen LogP contribution in [-0.4, -0.2) is 15.1 Å². The molecule has 1 aromatic heterocycles. The average Bonchev–Trinajstić information content (AvgIpc) is 2.26. The van der Waals surface area contributed by atoms with Crippen molar-refractivity contribution in [1.82, 2.24) is 4.98 Å². The first kappa shape index (κ1) is 12.9. The molecule has 0 radical (unpaired) electrons. The van der Waals surface area contributed by atoms with Crippen LogP contribution < -0.4 is 0 Å². The van der Waals surface area contributed by atoms with Crippen LogP contribution in [0.3, 0.4) is 0 Å². The van der Waals surface area contributed by atoms with Crippen molar-refractivity contribution in [2.75, 3.05) is 0 Å². The van der Waals surface area contributed by atoms with Gasteiger partial charge in [0.2, 0.25) is 5.69 Å². The highest BCUT2D eigenvalue weighted by atomic mass is 35.5. The molecule has 1 rings (SSSR count). The van der Waals surface area contributed by atoms with E-state index in [1.807, 2.05) is 0 Å². The summed E-state index contributed by atoms with van der Waals surface area (Å²) in [5.41, 5.74) is -2.38. The summed E-state index contributed by atoms with van der Waals surface area (Å²) in [6.07, 6.45) is -3.16. The molecule has 0 amide bonds. The minimum absolute atomic E-state index is 0.627. The molecule has 0 aliphatic heterocycles. The van der Waals surface area contributed by atoms with Gasteiger partial charge in [-0.3, -0.25) is 4.79 Å². The van der Waals surface area contributed by atoms with Gasteiger partial charge < -0.3 is 10.1 Å². The van der Waals surface area contributed by atoms with Crippen molar-refractivity contribution in [1.29, 1.82) is 5.26 Å². The number of pyridine rings is 1. The van der Waals surface area contributed by atoms with Gasteiger partial charge in [-0.05, 0) is 27.6 Å². The maximum absolute atomic E-state index is 12.4. The maximum Gasteiger partial charge on any atom is 0.376 e. The average molecular weight is 262 g/mol. The fourth-order valence-electron chi connectivity index (χ4n) is 1.06. The molecule has 6 nitrogen and oxygen atoms in total. The van der Waals surface area contributed by atoms with Gasteiger partial charge in [0.15, 0.2) is 0 Å². The minimum Gasteiger partial charge on any atom is -0.358 e. The van der Waals surface area contributed by atoms with E-state index in [1.54, 1.807) is 0 Å². The predicted octanol–water partition coefficient (Wildman–Crippen LogP) is 2.18. The molecule has 0 atom stereocenters. The number of hydrogen-bond donors (Lipinski definition) is 0. The molecule has 0 N–H and O–H groups in total. The van der Waals surface area contributed by atoms with E-state index < -0.39 is 39.2 Å². The van der Waals surface area contributed by atoms with Crippen LogP contribution in [0, 0.1) is 21.4 Å². The fourth-order valence-corrected chi connectivity index (χ4v) is 1.20. The summed E-state index contributed by atoms with van der Waals surface area (Å²) in [5, 5.41) is 17.8. The Kier molecular flexibility index (Phi) is 3.65. The third kappa shape index (κ3) is 2.51. The highest BCUT2D eigenvalue weighted by Gasteiger charge is 2.29. The second-order valence-corrected chi connectivity index (χ2v) is 3.08. The molecule has 0 aliphatic rings. The lowest BCUT2D eigenvalue weighted by Gasteiger charge is -2.01. The van der Waals surface area contributed by atoms with Gasteiger partial charge in [-0.15, -0.1) is 0 Å². The number of nitriles is 1. The molecular formula is C8H2ClF2N3O3. The zero-order chi connectivity index (χ0) is 13.2. The second kappa shape index (κ2) is 4.80. The van der Waals surface area contributed by atoms with Gasteiger partial charge in [-0.25, -0.2) is 8.78 Å². The van der Waals surface area contributed by atoms with Crippen molar-refractivity contribution in [3.63, 3.8) is 0 Å². The minimum atomic E-state index is -3.16. The van der Waals surface area contributed by atoms with E-state index in [9.17, 15) is 23.7 Å². The summed E-state index contributed by atoms with van der Waals surface area (Å²) >= 11 is 5.03. The molecule has 0 saturated heterocycles. The number of hydrogen-bond acceptors (Lipinski definition) is 5. The Hall–Kier alpha value is -2.14. The summed E-state index contributed by atoms with van der Waals surface area (Å²) in [7, 11) is 0. The molecular weight excluding hydrogens is 260 g/mol. The van der Waals surface area contributed by atoms with E-state index in [1.165, 1.54) is 6.07 Å². The molecule has 1 heterocycles. The Morgan fingerprint density at radius 2 is 2.24 bits per heavy atom. The van der Waals surface area contributed by atoms with Crippen molar-refractivity contribution < 1.29 is 18.5 Å². The number of nitrogens with zero attached hydrogens (tertiary/aromatic N) is 3. The van der Waals surface area contributed by atoms with Crippen molar-refractivity contribution in [3.8, 4) is 6.07 Å². The summed E-state index contributed by atoms with van der Waals surface area (Å²) in [6.45, 7) is 0. The Morgan fingerprint density at radius 1 is 1.65 bits per heavy atom. The van der Waals surface area contributed by atoms with Crippen LogP contribution in [0.4, 0.5) is 14.6 Å². The van der Waals surface area contributed by atoms with Gasteiger partial charge in [0.25, 0.3) is 5.24 Å². The third-order valence-corrected chi connectivity index (χ3v) is 1.95. The van der Waals surface area contributed by atoms with Crippen LogP contribution in [0.1, 0.15) is 28.0 Å². The predicted molar refractivity (Wildman–Crippen MR) is 50.7 cm³/mol. The van der Waals surface area contributed by atoms with Crippen molar-refractivity contribution in [2.45, 2.75) is 6.43 Å². The molecule has 1 aromatic rings. The Labute approximate surface area is 97.6 Å². The highest BCUT2D eigenvalue weighted by Crippen LogP contribution is 2.27. The van der Waals surface area contributed by atoms with Gasteiger partial charge in [0, 0.05) is 0 Å². The number of rotatable bonds is 3. The van der Waals surface area contributed by atoms with Crippen LogP contribution in [0.2, 0.25) is 0 Å². The molecule has 9 heteroatoms. The standard InChI is InChI=1S/C8H2ClF2N3O3/c9-6(15)4-1-3(2-12)5(7(10)11)13-8(4)14(16)17/h1,7H. The second-order valence-electron chi connectivity index (χ2n) is 2.74. The first-order chi connectivity index (χ1) is 7.88. The van der Waals surface area contributed by atoms with Gasteiger partial charge in [-0.2, -0.15) is 5.26 Å². The maximum atomic E-state index is 12.4. The van der Waals surface area contributed by atoms with E-state index in [4.69, 9.17) is 16.9 Å². The van der Waals surface area contributed by atoms with Crippen molar-refractivity contribution in [2.24, 2.45) is 0 Å². The first-order valence-electron chi connectivity index (χ1n) is 3.96. The first-order valence-corrected chi connectivity index (χ1v) is 4.33. The van der Waals surface area contributed by atoms with Gasteiger partial charge in [-0.1, -0.05) is 0 Å². The summed E-state index contributed by atoms with van der Waals surface area (Å²) in [6, 6.07) is 1.99. The third-order valence-electron chi connectivity index (χ3n) is 1.74. The Morgan fingerprint density at radius 3 is 2.59 bits per heavy atom. The summed E-state index contributed by atoms with van der Waals surface area (Å²) < 4.78 is 24.9. The SMILES string of the molecule is N#Cc1cc(C(=O)Cl)c([N+](=O)[O-])nc1C(F)F. The zero-order valence-electron chi connectivity index (χ0n) is 7.85. The number of nitro groups is 1. The molecule has 0 unspecified atom stereocenters. The van der Waals surface area contributed by atoms with Crippen LogP contribution in [-0.2, 0) is 0 Å². The molecule has 0 spiro atoms. The molecule has 0 bridgehead atoms. The number of aromatic nitrogens is 1. The topological polar surface area (TPSA) is 96.9 Å². The van der Waals surface area contributed by atoms with Gasteiger partial charge >= 0.3 is 12.2 Å². The van der Waals surface area contributed by atoms with Crippen molar-refractivity contribution in [3.05, 3.63) is 33.0 Å². The van der Waals surface area contributed by atoms with E-state index in [-0.39, 0.29) is 0 Å². The van der Waals surface area contributed by atoms with Gasteiger partial charge in [0.05, 0.1) is 0 Å². The van der Waals surface area contributed by atoms with Gasteiger partial charge in [0.1, 0.15) is 17.2 Å². The van der Waals surface area contributed by atoms with E-state index in [2.05, 4.69) is 4.98 Å². The quantitative estimate of drug-likeness (QED) is 0.472. The monoisotopic (exact) mass is 261 g/mol. The largest absolute Gasteiger partial charge is 0.376 e. The lowest BCUT2D eigenvalue weighted by molar-refractivity contribution is -0.390. The van der Waals surface area contributed by atoms with Crippen LogP contribution in [0.5, 0.6) is 0 Å². The lowest BCUT2D eigenvalue weighted by Crippen LogP contribution is -2.06. The highest BCUT2D eigenvalue weighted by molar-refractivity contribution is 6.68. The number of carbonyl (C=O) groups is 1. The Bertz CT molecular complexity index is 542. The van der Waals surface area contributed by atoms with E-state index in [0.717, 1.165) is 0 Å². The van der Waals surface area contributed by atoms with Crippen LogP contribution in [0.25, 0.3) is 0 Å². The molecule has 0 saturated carbocycles. The zero-order valence-corrected chi connectivity index (χ0v) is 8.61. The summed E-state index contributed by atoms with van der Waals surface area (Å²) in [5.74, 6) is -1.10. The van der Waals surface area contributed by atoms with Crippen LogP contribution in [0.15, 0.2) is 6.07 Å². The lowest BCUT2D eigenvalue weighted by atomic mass is 10.1. The number of carbonyl (C=O) groups excluding carboxylic acids is 1. The van der Waals surface area contributed by atoms with Crippen molar-refractivity contribution >= 4 is 22.7 Å². The number of halogens is 3. The molecule has 0 aromatic carbocycles. The molecule has 0 aliphatic carbocycles.